The minimum Gasteiger partial charge on any atom is -0.351 e. The van der Waals surface area contributed by atoms with E-state index >= 15 is 0 Å². The van der Waals surface area contributed by atoms with Crippen molar-refractivity contribution in [3.8, 4) is 0 Å². The number of amides is 3. The van der Waals surface area contributed by atoms with Gasteiger partial charge in [-0.15, -0.1) is 0 Å². The molecule has 130 valence electrons. The van der Waals surface area contributed by atoms with Crippen molar-refractivity contribution >= 4 is 29.3 Å². The van der Waals surface area contributed by atoms with Gasteiger partial charge in [0, 0.05) is 46.1 Å². The molecule has 0 spiro atoms. The van der Waals surface area contributed by atoms with Crippen molar-refractivity contribution in [3.63, 3.8) is 0 Å². The SMILES string of the molecule is CC(=O)N1CCN(C(=O)CCNC(=O)c2c(F)cccc2Cl)CC1. The maximum absolute atomic E-state index is 13.6. The van der Waals surface area contributed by atoms with Gasteiger partial charge in [-0.05, 0) is 12.1 Å². The van der Waals surface area contributed by atoms with Gasteiger partial charge in [0.1, 0.15) is 5.82 Å². The van der Waals surface area contributed by atoms with Crippen molar-refractivity contribution in [1.82, 2.24) is 15.1 Å². The topological polar surface area (TPSA) is 69.7 Å². The highest BCUT2D eigenvalue weighted by atomic mass is 35.5. The number of hydrogen-bond acceptors (Lipinski definition) is 3. The van der Waals surface area contributed by atoms with Crippen LogP contribution >= 0.6 is 11.6 Å². The van der Waals surface area contributed by atoms with Crippen LogP contribution in [-0.2, 0) is 9.59 Å². The highest BCUT2D eigenvalue weighted by Crippen LogP contribution is 2.18. The number of carbonyl (C=O) groups is 3. The molecular formula is C16H19ClFN3O3. The van der Waals surface area contributed by atoms with E-state index in [2.05, 4.69) is 5.32 Å². The third-order valence-corrected chi connectivity index (χ3v) is 4.21. The third-order valence-electron chi connectivity index (χ3n) is 3.89. The molecule has 1 saturated heterocycles. The molecule has 1 heterocycles. The number of hydrogen-bond donors (Lipinski definition) is 1. The molecule has 0 aromatic heterocycles. The minimum atomic E-state index is -0.702. The fraction of sp³-hybridized carbons (Fsp3) is 0.438. The van der Waals surface area contributed by atoms with E-state index < -0.39 is 11.7 Å². The summed E-state index contributed by atoms with van der Waals surface area (Å²) >= 11 is 5.82. The predicted octanol–water partition coefficient (Wildman–Crippen LogP) is 1.29. The summed E-state index contributed by atoms with van der Waals surface area (Å²) < 4.78 is 13.6. The highest BCUT2D eigenvalue weighted by molar-refractivity contribution is 6.33. The first-order valence-electron chi connectivity index (χ1n) is 7.65. The molecule has 1 aliphatic rings. The minimum absolute atomic E-state index is 0.00358. The molecule has 0 unspecified atom stereocenters. The lowest BCUT2D eigenvalue weighted by molar-refractivity contribution is -0.138. The van der Waals surface area contributed by atoms with Crippen LogP contribution in [0.5, 0.6) is 0 Å². The number of carbonyl (C=O) groups excluding carboxylic acids is 3. The molecule has 1 N–H and O–H groups in total. The molecule has 6 nitrogen and oxygen atoms in total. The van der Waals surface area contributed by atoms with Crippen LogP contribution < -0.4 is 5.32 Å². The first-order chi connectivity index (χ1) is 11.4. The van der Waals surface area contributed by atoms with Crippen LogP contribution in [0.4, 0.5) is 4.39 Å². The second-order valence-electron chi connectivity index (χ2n) is 5.49. The zero-order chi connectivity index (χ0) is 17.7. The fourth-order valence-corrected chi connectivity index (χ4v) is 2.76. The van der Waals surface area contributed by atoms with E-state index in [1.807, 2.05) is 0 Å². The Morgan fingerprint density at radius 3 is 2.38 bits per heavy atom. The Morgan fingerprint density at radius 2 is 1.79 bits per heavy atom. The Hall–Kier alpha value is -2.15. The predicted molar refractivity (Wildman–Crippen MR) is 87.2 cm³/mol. The van der Waals surface area contributed by atoms with Gasteiger partial charge in [0.05, 0.1) is 10.6 Å². The Labute approximate surface area is 144 Å². The summed E-state index contributed by atoms with van der Waals surface area (Å²) in [5, 5.41) is 2.53. The van der Waals surface area contributed by atoms with Crippen molar-refractivity contribution in [2.75, 3.05) is 32.7 Å². The normalized spacial score (nSPS) is 14.5. The molecular weight excluding hydrogens is 337 g/mol. The van der Waals surface area contributed by atoms with Crippen molar-refractivity contribution in [1.29, 1.82) is 0 Å². The number of halogens is 2. The lowest BCUT2D eigenvalue weighted by Crippen LogP contribution is -2.50. The van der Waals surface area contributed by atoms with Crippen LogP contribution in [0, 0.1) is 5.82 Å². The maximum atomic E-state index is 13.6. The van der Waals surface area contributed by atoms with Gasteiger partial charge in [-0.3, -0.25) is 14.4 Å². The fourth-order valence-electron chi connectivity index (χ4n) is 2.51. The van der Waals surface area contributed by atoms with Crippen molar-refractivity contribution in [2.45, 2.75) is 13.3 Å². The first kappa shape index (κ1) is 18.2. The first-order valence-corrected chi connectivity index (χ1v) is 8.03. The smallest absolute Gasteiger partial charge is 0.255 e. The maximum Gasteiger partial charge on any atom is 0.255 e. The summed E-state index contributed by atoms with van der Waals surface area (Å²) in [4.78, 5) is 38.6. The van der Waals surface area contributed by atoms with Gasteiger partial charge < -0.3 is 15.1 Å². The van der Waals surface area contributed by atoms with Crippen molar-refractivity contribution in [3.05, 3.63) is 34.6 Å². The summed E-state index contributed by atoms with van der Waals surface area (Å²) in [5.41, 5.74) is -0.221. The van der Waals surface area contributed by atoms with Gasteiger partial charge in [0.15, 0.2) is 0 Å². The van der Waals surface area contributed by atoms with Crippen molar-refractivity contribution < 1.29 is 18.8 Å². The lowest BCUT2D eigenvalue weighted by atomic mass is 10.2. The number of piperazine rings is 1. The Morgan fingerprint density at radius 1 is 1.17 bits per heavy atom. The monoisotopic (exact) mass is 355 g/mol. The molecule has 0 saturated carbocycles. The van der Waals surface area contributed by atoms with Gasteiger partial charge in [0.2, 0.25) is 11.8 Å². The Balaban J connectivity index is 1.79. The molecule has 1 fully saturated rings. The van der Waals surface area contributed by atoms with Gasteiger partial charge in [-0.1, -0.05) is 17.7 Å². The zero-order valence-corrected chi connectivity index (χ0v) is 14.1. The Bertz CT molecular complexity index is 625. The average molecular weight is 356 g/mol. The van der Waals surface area contributed by atoms with E-state index in [4.69, 9.17) is 11.6 Å². The lowest BCUT2D eigenvalue weighted by Gasteiger charge is -2.34. The number of nitrogens with one attached hydrogen (secondary N) is 1. The molecule has 8 heteroatoms. The average Bonchev–Trinajstić information content (AvgIpc) is 2.54. The van der Waals surface area contributed by atoms with Crippen LogP contribution in [0.1, 0.15) is 23.7 Å². The molecule has 0 aliphatic carbocycles. The van der Waals surface area contributed by atoms with Crippen LogP contribution in [0.3, 0.4) is 0 Å². The Kier molecular flexibility index (Phi) is 6.14. The highest BCUT2D eigenvalue weighted by Gasteiger charge is 2.22. The molecule has 0 bridgehead atoms. The summed E-state index contributed by atoms with van der Waals surface area (Å²) in [6.07, 6.45) is 0.109. The van der Waals surface area contributed by atoms with E-state index in [9.17, 15) is 18.8 Å². The quantitative estimate of drug-likeness (QED) is 0.884. The largest absolute Gasteiger partial charge is 0.351 e. The number of nitrogens with zero attached hydrogens (tertiary/aromatic N) is 2. The third kappa shape index (κ3) is 4.44. The summed E-state index contributed by atoms with van der Waals surface area (Å²) in [5.74, 6) is -1.46. The van der Waals surface area contributed by atoms with E-state index in [1.165, 1.54) is 19.1 Å². The van der Waals surface area contributed by atoms with E-state index in [1.54, 1.807) is 9.80 Å². The van der Waals surface area contributed by atoms with E-state index in [-0.39, 0.29) is 35.4 Å². The van der Waals surface area contributed by atoms with Crippen LogP contribution in [0.25, 0.3) is 0 Å². The van der Waals surface area contributed by atoms with Gasteiger partial charge in [-0.2, -0.15) is 0 Å². The molecule has 24 heavy (non-hydrogen) atoms. The second-order valence-corrected chi connectivity index (χ2v) is 5.90. The second kappa shape index (κ2) is 8.10. The number of rotatable bonds is 4. The zero-order valence-electron chi connectivity index (χ0n) is 13.3. The standard InChI is InChI=1S/C16H19ClFN3O3/c1-11(22)20-7-9-21(10-8-20)14(23)5-6-19-16(24)15-12(17)3-2-4-13(15)18/h2-4H,5-10H2,1H3,(H,19,24). The molecule has 3 amide bonds. The summed E-state index contributed by atoms with van der Waals surface area (Å²) in [6, 6.07) is 4.00. The molecule has 0 atom stereocenters. The molecule has 0 radical (unpaired) electrons. The molecule has 1 aromatic carbocycles. The van der Waals surface area contributed by atoms with Crippen LogP contribution in [-0.4, -0.2) is 60.2 Å². The summed E-state index contributed by atoms with van der Waals surface area (Å²) in [6.45, 7) is 3.57. The van der Waals surface area contributed by atoms with Crippen LogP contribution in [0.15, 0.2) is 18.2 Å². The molecule has 2 rings (SSSR count). The van der Waals surface area contributed by atoms with Crippen LogP contribution in [0.2, 0.25) is 5.02 Å². The van der Waals surface area contributed by atoms with Gasteiger partial charge in [0.25, 0.3) is 5.91 Å². The summed E-state index contributed by atoms with van der Waals surface area (Å²) in [7, 11) is 0. The number of benzene rings is 1. The van der Waals surface area contributed by atoms with Gasteiger partial charge >= 0.3 is 0 Å². The van der Waals surface area contributed by atoms with E-state index in [0.717, 1.165) is 6.07 Å². The van der Waals surface area contributed by atoms with E-state index in [0.29, 0.717) is 26.2 Å². The molecule has 1 aliphatic heterocycles. The molecule has 1 aromatic rings. The van der Waals surface area contributed by atoms with Crippen molar-refractivity contribution in [2.24, 2.45) is 0 Å². The van der Waals surface area contributed by atoms with Gasteiger partial charge in [-0.25, -0.2) is 4.39 Å².